The van der Waals surface area contributed by atoms with E-state index in [0.717, 1.165) is 0 Å². The SMILES string of the molecule is CCOC(=O)c1cccc(C2=CC(Nc3ccccc3[N+](=O)[O-])(C(=O)OCC)CN2)c1. The molecule has 31 heavy (non-hydrogen) atoms. The van der Waals surface area contributed by atoms with Gasteiger partial charge in [-0.15, -0.1) is 0 Å². The minimum absolute atomic E-state index is 0.108. The first-order chi connectivity index (χ1) is 14.9. The Bertz CT molecular complexity index is 1040. The number of para-hydroxylation sites is 2. The average molecular weight is 425 g/mol. The monoisotopic (exact) mass is 425 g/mol. The molecule has 2 N–H and O–H groups in total. The number of benzene rings is 2. The van der Waals surface area contributed by atoms with Crippen LogP contribution in [0.1, 0.15) is 29.8 Å². The van der Waals surface area contributed by atoms with Gasteiger partial charge in [0.15, 0.2) is 5.54 Å². The highest BCUT2D eigenvalue weighted by Gasteiger charge is 2.43. The van der Waals surface area contributed by atoms with E-state index in [-0.39, 0.29) is 31.1 Å². The highest BCUT2D eigenvalue weighted by atomic mass is 16.6. The Balaban J connectivity index is 2.00. The minimum Gasteiger partial charge on any atom is -0.464 e. The van der Waals surface area contributed by atoms with Gasteiger partial charge < -0.3 is 20.1 Å². The Morgan fingerprint density at radius 1 is 1.13 bits per heavy atom. The van der Waals surface area contributed by atoms with E-state index >= 15 is 0 Å². The Hall–Kier alpha value is -3.88. The van der Waals surface area contributed by atoms with Crippen LogP contribution in [0, 0.1) is 10.1 Å². The first-order valence-electron chi connectivity index (χ1n) is 9.83. The quantitative estimate of drug-likeness (QED) is 0.376. The Kier molecular flexibility index (Phi) is 6.54. The summed E-state index contributed by atoms with van der Waals surface area (Å²) in [5.74, 6) is -1.02. The normalized spacial score (nSPS) is 17.3. The summed E-state index contributed by atoms with van der Waals surface area (Å²) in [6.45, 7) is 3.94. The van der Waals surface area contributed by atoms with Crippen LogP contribution in [-0.4, -0.2) is 42.2 Å². The van der Waals surface area contributed by atoms with Gasteiger partial charge in [-0.1, -0.05) is 24.3 Å². The fourth-order valence-electron chi connectivity index (χ4n) is 3.30. The number of hydrogen-bond donors (Lipinski definition) is 2. The lowest BCUT2D eigenvalue weighted by Crippen LogP contribution is -2.49. The molecule has 9 heteroatoms. The van der Waals surface area contributed by atoms with E-state index in [1.807, 2.05) is 0 Å². The van der Waals surface area contributed by atoms with E-state index in [0.29, 0.717) is 16.8 Å². The molecule has 0 spiro atoms. The van der Waals surface area contributed by atoms with E-state index in [9.17, 15) is 19.7 Å². The van der Waals surface area contributed by atoms with Crippen LogP contribution in [0.25, 0.3) is 5.70 Å². The molecule has 0 saturated carbocycles. The van der Waals surface area contributed by atoms with Gasteiger partial charge in [0.05, 0.1) is 30.2 Å². The number of nitrogens with zero attached hydrogens (tertiary/aromatic N) is 1. The number of esters is 2. The lowest BCUT2D eigenvalue weighted by atomic mass is 9.99. The van der Waals surface area contributed by atoms with Crippen molar-refractivity contribution in [1.82, 2.24) is 5.32 Å². The lowest BCUT2D eigenvalue weighted by molar-refractivity contribution is -0.384. The van der Waals surface area contributed by atoms with Crippen LogP contribution in [0.4, 0.5) is 11.4 Å². The van der Waals surface area contributed by atoms with Crippen molar-refractivity contribution in [2.24, 2.45) is 0 Å². The molecule has 1 unspecified atom stereocenters. The largest absolute Gasteiger partial charge is 0.464 e. The number of carbonyl (C=O) groups is 2. The third-order valence-corrected chi connectivity index (χ3v) is 4.73. The second kappa shape index (κ2) is 9.29. The molecule has 1 atom stereocenters. The van der Waals surface area contributed by atoms with Gasteiger partial charge in [0, 0.05) is 11.8 Å². The van der Waals surface area contributed by atoms with Crippen LogP contribution < -0.4 is 10.6 Å². The molecule has 0 aliphatic carbocycles. The fourth-order valence-corrected chi connectivity index (χ4v) is 3.30. The van der Waals surface area contributed by atoms with Crippen LogP contribution >= 0.6 is 0 Å². The van der Waals surface area contributed by atoms with Crippen molar-refractivity contribution in [3.8, 4) is 0 Å². The average Bonchev–Trinajstić information content (AvgIpc) is 3.20. The highest BCUT2D eigenvalue weighted by molar-refractivity contribution is 5.94. The van der Waals surface area contributed by atoms with Gasteiger partial charge in [-0.3, -0.25) is 10.1 Å². The molecular formula is C22H23N3O6. The van der Waals surface area contributed by atoms with Crippen molar-refractivity contribution in [2.75, 3.05) is 25.1 Å². The van der Waals surface area contributed by atoms with Crippen molar-refractivity contribution >= 4 is 29.0 Å². The Labute approximate surface area is 179 Å². The van der Waals surface area contributed by atoms with E-state index < -0.39 is 22.4 Å². The molecule has 0 aromatic heterocycles. The van der Waals surface area contributed by atoms with Gasteiger partial charge in [0.2, 0.25) is 0 Å². The van der Waals surface area contributed by atoms with Gasteiger partial charge in [0.25, 0.3) is 5.69 Å². The second-order valence-electron chi connectivity index (χ2n) is 6.80. The number of hydrogen-bond acceptors (Lipinski definition) is 8. The number of rotatable bonds is 8. The molecule has 1 aliphatic heterocycles. The van der Waals surface area contributed by atoms with Crippen LogP contribution in [0.2, 0.25) is 0 Å². The van der Waals surface area contributed by atoms with Gasteiger partial charge in [-0.2, -0.15) is 0 Å². The van der Waals surface area contributed by atoms with Gasteiger partial charge in [0.1, 0.15) is 5.69 Å². The van der Waals surface area contributed by atoms with Gasteiger partial charge in [-0.05, 0) is 43.7 Å². The van der Waals surface area contributed by atoms with Crippen LogP contribution in [0.5, 0.6) is 0 Å². The molecule has 2 aromatic rings. The summed E-state index contributed by atoms with van der Waals surface area (Å²) in [5.41, 5.74) is 0.309. The molecule has 9 nitrogen and oxygen atoms in total. The van der Waals surface area contributed by atoms with E-state index in [1.54, 1.807) is 56.3 Å². The predicted molar refractivity (Wildman–Crippen MR) is 114 cm³/mol. The number of carbonyl (C=O) groups excluding carboxylic acids is 2. The zero-order valence-electron chi connectivity index (χ0n) is 17.2. The van der Waals surface area contributed by atoms with Crippen molar-refractivity contribution < 1.29 is 24.0 Å². The maximum absolute atomic E-state index is 12.9. The summed E-state index contributed by atoms with van der Waals surface area (Å²) in [6, 6.07) is 12.9. The summed E-state index contributed by atoms with van der Waals surface area (Å²) < 4.78 is 10.3. The van der Waals surface area contributed by atoms with Crippen molar-refractivity contribution in [3.05, 3.63) is 75.8 Å². The summed E-state index contributed by atoms with van der Waals surface area (Å²) >= 11 is 0. The molecule has 0 radical (unpaired) electrons. The van der Waals surface area contributed by atoms with Crippen LogP contribution in [0.3, 0.4) is 0 Å². The summed E-state index contributed by atoms with van der Waals surface area (Å²) in [7, 11) is 0. The van der Waals surface area contributed by atoms with Crippen LogP contribution in [-0.2, 0) is 14.3 Å². The molecule has 162 valence electrons. The number of ether oxygens (including phenoxy) is 2. The molecule has 0 amide bonds. The molecule has 0 fully saturated rings. The molecule has 2 aromatic carbocycles. The first kappa shape index (κ1) is 21.8. The number of nitro benzene ring substituents is 1. The van der Waals surface area contributed by atoms with Crippen molar-refractivity contribution in [2.45, 2.75) is 19.4 Å². The molecule has 0 bridgehead atoms. The Morgan fingerprint density at radius 3 is 2.58 bits per heavy atom. The van der Waals surface area contributed by atoms with Crippen molar-refractivity contribution in [3.63, 3.8) is 0 Å². The topological polar surface area (TPSA) is 120 Å². The molecule has 1 heterocycles. The third kappa shape index (κ3) is 4.66. The summed E-state index contributed by atoms with van der Waals surface area (Å²) in [4.78, 5) is 35.8. The third-order valence-electron chi connectivity index (χ3n) is 4.73. The molecular weight excluding hydrogens is 402 g/mol. The van der Waals surface area contributed by atoms with E-state index in [4.69, 9.17) is 9.47 Å². The van der Waals surface area contributed by atoms with Gasteiger partial charge >= 0.3 is 11.9 Å². The molecule has 1 aliphatic rings. The maximum atomic E-state index is 12.9. The maximum Gasteiger partial charge on any atom is 0.338 e. The van der Waals surface area contributed by atoms with Gasteiger partial charge in [-0.25, -0.2) is 9.59 Å². The van der Waals surface area contributed by atoms with E-state index in [2.05, 4.69) is 10.6 Å². The van der Waals surface area contributed by atoms with Crippen molar-refractivity contribution in [1.29, 1.82) is 0 Å². The first-order valence-corrected chi connectivity index (χ1v) is 9.83. The standard InChI is InChI=1S/C22H23N3O6/c1-3-30-20(26)16-9-7-8-15(12-16)18-13-22(14-23-18,21(27)31-4-2)24-17-10-5-6-11-19(17)25(28)29/h5-13,23-24H,3-4,14H2,1-2H3. The zero-order valence-corrected chi connectivity index (χ0v) is 17.2. The smallest absolute Gasteiger partial charge is 0.338 e. The second-order valence-corrected chi connectivity index (χ2v) is 6.80. The number of anilines is 1. The fraction of sp³-hybridized carbons (Fsp3) is 0.273. The highest BCUT2D eigenvalue weighted by Crippen LogP contribution is 2.32. The Morgan fingerprint density at radius 2 is 1.87 bits per heavy atom. The summed E-state index contributed by atoms with van der Waals surface area (Å²) in [5, 5.41) is 17.6. The van der Waals surface area contributed by atoms with Crippen LogP contribution in [0.15, 0.2) is 54.6 Å². The zero-order chi connectivity index (χ0) is 22.4. The summed E-state index contributed by atoms with van der Waals surface area (Å²) in [6.07, 6.45) is 1.63. The van der Waals surface area contributed by atoms with E-state index in [1.165, 1.54) is 12.1 Å². The lowest BCUT2D eigenvalue weighted by Gasteiger charge is -2.26. The number of nitrogens with one attached hydrogen (secondary N) is 2. The minimum atomic E-state index is -1.36. The predicted octanol–water partition coefficient (Wildman–Crippen LogP) is 3.13. The number of nitro groups is 1. The molecule has 0 saturated heterocycles. The molecule has 3 rings (SSSR count).